The van der Waals surface area contributed by atoms with E-state index in [-0.39, 0.29) is 42.0 Å². The zero-order chi connectivity index (χ0) is 13.5. The van der Waals surface area contributed by atoms with Gasteiger partial charge < -0.3 is 20.1 Å². The largest absolute Gasteiger partial charge is 0.469 e. The zero-order valence-corrected chi connectivity index (χ0v) is 14.1. The molecule has 1 aliphatic rings. The number of aliphatic hydroxyl groups excluding tert-OH is 1. The van der Waals surface area contributed by atoms with E-state index in [1.807, 2.05) is 11.8 Å². The summed E-state index contributed by atoms with van der Waals surface area (Å²) in [5.74, 6) is 0.247. The lowest BCUT2D eigenvalue weighted by Crippen LogP contribution is -2.41. The van der Waals surface area contributed by atoms with Crippen molar-refractivity contribution in [3.05, 3.63) is 0 Å². The number of rotatable bonds is 4. The van der Waals surface area contributed by atoms with Crippen LogP contribution in [0.25, 0.3) is 0 Å². The van der Waals surface area contributed by atoms with Gasteiger partial charge in [-0.25, -0.2) is 0 Å². The third kappa shape index (κ3) is 5.94. The minimum Gasteiger partial charge on any atom is -0.469 e. The molecule has 1 fully saturated rings. The van der Waals surface area contributed by atoms with E-state index < -0.39 is 0 Å². The van der Waals surface area contributed by atoms with Crippen LogP contribution in [0.4, 0.5) is 0 Å². The number of halogens is 1. The van der Waals surface area contributed by atoms with Crippen molar-refractivity contribution in [2.75, 3.05) is 33.3 Å². The highest BCUT2D eigenvalue weighted by molar-refractivity contribution is 14.0. The Kier molecular flexibility index (Phi) is 9.07. The molecule has 0 amide bonds. The minimum absolute atomic E-state index is 0. The fraction of sp³-hybridized carbons (Fsp3) is 0.833. The van der Waals surface area contributed by atoms with Gasteiger partial charge in [0, 0.05) is 19.6 Å². The first-order valence-corrected chi connectivity index (χ1v) is 6.37. The van der Waals surface area contributed by atoms with Crippen molar-refractivity contribution >= 4 is 35.9 Å². The molecule has 0 bridgehead atoms. The molecule has 2 atom stereocenters. The van der Waals surface area contributed by atoms with E-state index in [0.717, 1.165) is 25.5 Å². The number of carbonyl (C=O) groups is 1. The molecular formula is C12H24IN3O3. The highest BCUT2D eigenvalue weighted by atomic mass is 127. The molecular weight excluding hydrogens is 361 g/mol. The van der Waals surface area contributed by atoms with E-state index in [0.29, 0.717) is 13.1 Å². The summed E-state index contributed by atoms with van der Waals surface area (Å²) in [6.07, 6.45) is 0.476. The average Bonchev–Trinajstić information content (AvgIpc) is 2.79. The van der Waals surface area contributed by atoms with Crippen molar-refractivity contribution in [2.45, 2.75) is 26.4 Å². The molecule has 2 N–H and O–H groups in total. The summed E-state index contributed by atoms with van der Waals surface area (Å²) in [6, 6.07) is 0. The Morgan fingerprint density at radius 1 is 1.63 bits per heavy atom. The monoisotopic (exact) mass is 385 g/mol. The van der Waals surface area contributed by atoms with Crippen LogP contribution in [0.2, 0.25) is 0 Å². The Labute approximate surface area is 131 Å². The second-order valence-corrected chi connectivity index (χ2v) is 4.51. The molecule has 0 aromatic carbocycles. The van der Waals surface area contributed by atoms with Crippen molar-refractivity contribution < 1.29 is 14.6 Å². The predicted octanol–water partition coefficient (Wildman–Crippen LogP) is 0.446. The van der Waals surface area contributed by atoms with Crippen LogP contribution in [0.1, 0.15) is 20.3 Å². The molecule has 0 aromatic heterocycles. The normalized spacial score (nSPS) is 20.7. The molecule has 0 radical (unpaired) electrons. The summed E-state index contributed by atoms with van der Waals surface area (Å²) in [4.78, 5) is 17.7. The van der Waals surface area contributed by atoms with Gasteiger partial charge >= 0.3 is 5.97 Å². The standard InChI is InChI=1S/C12H23N3O3.HI/c1-4-13-12(15-6-5-10(16)8-15)14-7-9(2)11(17)18-3;/h9-10,16H,4-8H2,1-3H3,(H,13,14);1H/t9?,10-;/m1./s1. The highest BCUT2D eigenvalue weighted by Crippen LogP contribution is 2.09. The number of aliphatic hydroxyl groups is 1. The summed E-state index contributed by atoms with van der Waals surface area (Å²) < 4.78 is 4.66. The molecule has 1 rings (SSSR count). The van der Waals surface area contributed by atoms with Crippen molar-refractivity contribution in [2.24, 2.45) is 10.9 Å². The summed E-state index contributed by atoms with van der Waals surface area (Å²) in [5, 5.41) is 12.7. The summed E-state index contributed by atoms with van der Waals surface area (Å²) in [6.45, 7) is 6.32. The number of ether oxygens (including phenoxy) is 1. The first-order valence-electron chi connectivity index (χ1n) is 6.37. The van der Waals surface area contributed by atoms with Crippen molar-refractivity contribution in [3.63, 3.8) is 0 Å². The quantitative estimate of drug-likeness (QED) is 0.318. The van der Waals surface area contributed by atoms with Crippen molar-refractivity contribution in [1.82, 2.24) is 10.2 Å². The van der Waals surface area contributed by atoms with E-state index in [9.17, 15) is 9.90 Å². The van der Waals surface area contributed by atoms with E-state index in [1.54, 1.807) is 6.92 Å². The van der Waals surface area contributed by atoms with Crippen LogP contribution in [0.5, 0.6) is 0 Å². The second-order valence-electron chi connectivity index (χ2n) is 4.51. The number of β-amino-alcohol motifs (C(OH)–C–C–N with tert-alkyl or cyclic N) is 1. The van der Waals surface area contributed by atoms with Gasteiger partial charge in [0.1, 0.15) is 0 Å². The molecule has 0 saturated carbocycles. The SMILES string of the molecule is CCNC(=NCC(C)C(=O)OC)N1CC[C@@H](O)C1.I. The van der Waals surface area contributed by atoms with Gasteiger partial charge in [-0.3, -0.25) is 9.79 Å². The number of hydrogen-bond donors (Lipinski definition) is 2. The molecule has 112 valence electrons. The predicted molar refractivity (Wildman–Crippen MR) is 84.8 cm³/mol. The van der Waals surface area contributed by atoms with Crippen LogP contribution in [-0.2, 0) is 9.53 Å². The van der Waals surface area contributed by atoms with Gasteiger partial charge in [-0.05, 0) is 13.3 Å². The maximum Gasteiger partial charge on any atom is 0.310 e. The molecule has 0 aromatic rings. The number of likely N-dealkylation sites (tertiary alicyclic amines) is 1. The first-order chi connectivity index (χ1) is 8.58. The average molecular weight is 385 g/mol. The maximum absolute atomic E-state index is 11.3. The third-order valence-corrected chi connectivity index (χ3v) is 2.92. The third-order valence-electron chi connectivity index (χ3n) is 2.92. The lowest BCUT2D eigenvalue weighted by Gasteiger charge is -2.21. The summed E-state index contributed by atoms with van der Waals surface area (Å²) in [5.41, 5.74) is 0. The summed E-state index contributed by atoms with van der Waals surface area (Å²) in [7, 11) is 1.38. The van der Waals surface area contributed by atoms with Crippen LogP contribution in [0.3, 0.4) is 0 Å². The Bertz CT molecular complexity index is 313. The number of carbonyl (C=O) groups excluding carboxylic acids is 1. The van der Waals surface area contributed by atoms with Crippen molar-refractivity contribution in [3.8, 4) is 0 Å². The number of aliphatic imine (C=N–C) groups is 1. The zero-order valence-electron chi connectivity index (χ0n) is 11.8. The number of esters is 1. The van der Waals surface area contributed by atoms with Gasteiger partial charge in [-0.1, -0.05) is 6.92 Å². The van der Waals surface area contributed by atoms with Crippen LogP contribution < -0.4 is 5.32 Å². The van der Waals surface area contributed by atoms with E-state index in [4.69, 9.17) is 0 Å². The molecule has 6 nitrogen and oxygen atoms in total. The molecule has 1 heterocycles. The molecule has 1 saturated heterocycles. The van der Waals surface area contributed by atoms with Crippen LogP contribution in [-0.4, -0.2) is 61.3 Å². The van der Waals surface area contributed by atoms with Crippen molar-refractivity contribution in [1.29, 1.82) is 0 Å². The van der Waals surface area contributed by atoms with Crippen LogP contribution in [0.15, 0.2) is 4.99 Å². The molecule has 1 unspecified atom stereocenters. The van der Waals surface area contributed by atoms with Gasteiger partial charge in [-0.15, -0.1) is 24.0 Å². The van der Waals surface area contributed by atoms with Crippen LogP contribution >= 0.6 is 24.0 Å². The fourth-order valence-electron chi connectivity index (χ4n) is 1.86. The minimum atomic E-state index is -0.285. The number of nitrogens with one attached hydrogen (secondary N) is 1. The Morgan fingerprint density at radius 2 is 2.32 bits per heavy atom. The fourth-order valence-corrected chi connectivity index (χ4v) is 1.86. The number of methoxy groups -OCH3 is 1. The molecule has 0 aliphatic carbocycles. The summed E-state index contributed by atoms with van der Waals surface area (Å²) >= 11 is 0. The van der Waals surface area contributed by atoms with Gasteiger partial charge in [-0.2, -0.15) is 0 Å². The Balaban J connectivity index is 0.00000324. The van der Waals surface area contributed by atoms with E-state index in [2.05, 4.69) is 15.0 Å². The first kappa shape index (κ1) is 18.4. The van der Waals surface area contributed by atoms with Gasteiger partial charge in [0.05, 0.1) is 25.7 Å². The second kappa shape index (κ2) is 9.35. The highest BCUT2D eigenvalue weighted by Gasteiger charge is 2.23. The Hall–Kier alpha value is -0.570. The number of nitrogens with zero attached hydrogens (tertiary/aromatic N) is 2. The van der Waals surface area contributed by atoms with Gasteiger partial charge in [0.2, 0.25) is 0 Å². The maximum atomic E-state index is 11.3. The molecule has 19 heavy (non-hydrogen) atoms. The lowest BCUT2D eigenvalue weighted by atomic mass is 10.2. The van der Waals surface area contributed by atoms with Crippen LogP contribution in [0, 0.1) is 5.92 Å². The molecule has 7 heteroatoms. The van der Waals surface area contributed by atoms with Gasteiger partial charge in [0.15, 0.2) is 5.96 Å². The molecule has 0 spiro atoms. The topological polar surface area (TPSA) is 74.2 Å². The lowest BCUT2D eigenvalue weighted by molar-refractivity contribution is -0.144. The number of hydrogen-bond acceptors (Lipinski definition) is 4. The van der Waals surface area contributed by atoms with E-state index >= 15 is 0 Å². The Morgan fingerprint density at radius 3 is 2.79 bits per heavy atom. The van der Waals surface area contributed by atoms with Gasteiger partial charge in [0.25, 0.3) is 0 Å². The van der Waals surface area contributed by atoms with E-state index in [1.165, 1.54) is 7.11 Å². The number of guanidine groups is 1. The smallest absolute Gasteiger partial charge is 0.310 e. The molecule has 1 aliphatic heterocycles.